The van der Waals surface area contributed by atoms with Crippen LogP contribution in [-0.2, 0) is 22.4 Å². The molecule has 2 aromatic rings. The molecule has 0 N–H and O–H groups in total. The molecule has 0 aliphatic rings. The number of amides is 1. The van der Waals surface area contributed by atoms with Gasteiger partial charge in [0.25, 0.3) is 5.91 Å². The lowest BCUT2D eigenvalue weighted by Gasteiger charge is -2.22. The monoisotopic (exact) mass is 432 g/mol. The van der Waals surface area contributed by atoms with Crippen molar-refractivity contribution in [1.29, 1.82) is 0 Å². The van der Waals surface area contributed by atoms with E-state index in [2.05, 4.69) is 11.9 Å². The number of rotatable bonds is 13. The summed E-state index contributed by atoms with van der Waals surface area (Å²) in [5.41, 5.74) is 2.20. The fraction of sp³-hybridized carbons (Fsp3) is 0.522. The van der Waals surface area contributed by atoms with Gasteiger partial charge < -0.3 is 14.4 Å². The van der Waals surface area contributed by atoms with Crippen molar-refractivity contribution in [3.05, 3.63) is 51.5 Å². The van der Waals surface area contributed by atoms with Crippen molar-refractivity contribution in [3.63, 3.8) is 0 Å². The number of carbonyl (C=O) groups excluding carboxylic acids is 2. The lowest BCUT2D eigenvalue weighted by Crippen LogP contribution is -2.32. The van der Waals surface area contributed by atoms with E-state index in [9.17, 15) is 9.59 Å². The molecule has 0 radical (unpaired) electrons. The predicted molar refractivity (Wildman–Crippen MR) is 119 cm³/mol. The van der Waals surface area contributed by atoms with Crippen LogP contribution in [0.4, 0.5) is 0 Å². The van der Waals surface area contributed by atoms with Gasteiger partial charge in [-0.2, -0.15) is 0 Å². The highest BCUT2D eigenvalue weighted by molar-refractivity contribution is 7.09. The van der Waals surface area contributed by atoms with Crippen molar-refractivity contribution in [2.75, 3.05) is 26.4 Å². The third-order valence-electron chi connectivity index (χ3n) is 4.59. The van der Waals surface area contributed by atoms with E-state index in [0.717, 1.165) is 25.7 Å². The average molecular weight is 433 g/mol. The number of esters is 1. The second-order valence-electron chi connectivity index (χ2n) is 6.92. The Labute approximate surface area is 183 Å². The van der Waals surface area contributed by atoms with E-state index in [1.165, 1.54) is 16.9 Å². The van der Waals surface area contributed by atoms with E-state index in [1.807, 2.05) is 31.2 Å². The van der Waals surface area contributed by atoms with Crippen LogP contribution in [0.5, 0.6) is 0 Å². The molecule has 0 spiro atoms. The molecule has 2 rings (SSSR count). The molecule has 0 aliphatic heterocycles. The number of hydrogen-bond acceptors (Lipinski definition) is 6. The smallest absolute Gasteiger partial charge is 0.357 e. The van der Waals surface area contributed by atoms with E-state index < -0.39 is 5.97 Å². The van der Waals surface area contributed by atoms with Crippen LogP contribution in [0.25, 0.3) is 0 Å². The predicted octanol–water partition coefficient (Wildman–Crippen LogP) is 4.73. The molecule has 0 bridgehead atoms. The molecule has 0 fully saturated rings. The van der Waals surface area contributed by atoms with Crippen LogP contribution < -0.4 is 0 Å². The van der Waals surface area contributed by atoms with Crippen LogP contribution in [0.1, 0.15) is 71.5 Å². The first kappa shape index (κ1) is 24.0. The second-order valence-corrected chi connectivity index (χ2v) is 7.87. The van der Waals surface area contributed by atoms with Gasteiger partial charge in [0.1, 0.15) is 5.01 Å². The van der Waals surface area contributed by atoms with Crippen LogP contribution in [0.2, 0.25) is 0 Å². The van der Waals surface area contributed by atoms with Crippen LogP contribution in [0, 0.1) is 0 Å². The van der Waals surface area contributed by atoms with Gasteiger partial charge in [-0.25, -0.2) is 9.78 Å². The molecular formula is C23H32N2O4S. The number of aromatic nitrogens is 1. The maximum absolute atomic E-state index is 13.2. The zero-order valence-electron chi connectivity index (χ0n) is 18.2. The van der Waals surface area contributed by atoms with E-state index in [-0.39, 0.29) is 5.91 Å². The fourth-order valence-electron chi connectivity index (χ4n) is 2.98. The summed E-state index contributed by atoms with van der Waals surface area (Å²) in [7, 11) is 0. The summed E-state index contributed by atoms with van der Waals surface area (Å²) in [5, 5.41) is 2.39. The number of unbranched alkanes of at least 4 members (excludes halogenated alkanes) is 1. The number of thiazole rings is 1. The molecule has 164 valence electrons. The van der Waals surface area contributed by atoms with E-state index in [1.54, 1.807) is 17.2 Å². The summed E-state index contributed by atoms with van der Waals surface area (Å²) in [4.78, 5) is 31.2. The van der Waals surface area contributed by atoms with Gasteiger partial charge in [-0.15, -0.1) is 11.3 Å². The SMILES string of the molecule is CCCCc1ccc(C(=O)N(CCCOCC)Cc2nc(C(=O)OCC)cs2)cc1. The molecule has 1 aromatic heterocycles. The van der Waals surface area contributed by atoms with Crippen molar-refractivity contribution in [2.45, 2.75) is 53.0 Å². The molecule has 0 saturated heterocycles. The molecule has 1 heterocycles. The Morgan fingerprint density at radius 2 is 1.83 bits per heavy atom. The van der Waals surface area contributed by atoms with Gasteiger partial charge in [0.15, 0.2) is 5.69 Å². The zero-order valence-corrected chi connectivity index (χ0v) is 19.0. The highest BCUT2D eigenvalue weighted by Crippen LogP contribution is 2.17. The number of carbonyl (C=O) groups is 2. The minimum atomic E-state index is -0.433. The Bertz CT molecular complexity index is 789. The normalized spacial score (nSPS) is 10.8. The Morgan fingerprint density at radius 3 is 2.50 bits per heavy atom. The summed E-state index contributed by atoms with van der Waals surface area (Å²) in [6, 6.07) is 7.86. The van der Waals surface area contributed by atoms with Gasteiger partial charge in [-0.3, -0.25) is 4.79 Å². The maximum Gasteiger partial charge on any atom is 0.357 e. The molecule has 30 heavy (non-hydrogen) atoms. The van der Waals surface area contributed by atoms with Crippen molar-refractivity contribution in [1.82, 2.24) is 9.88 Å². The lowest BCUT2D eigenvalue weighted by molar-refractivity contribution is 0.0520. The molecule has 0 unspecified atom stereocenters. The Kier molecular flexibility index (Phi) is 10.5. The number of ether oxygens (including phenoxy) is 2. The molecule has 7 heteroatoms. The van der Waals surface area contributed by atoms with Crippen molar-refractivity contribution in [3.8, 4) is 0 Å². The molecule has 1 amide bonds. The lowest BCUT2D eigenvalue weighted by atomic mass is 10.1. The maximum atomic E-state index is 13.2. The van der Waals surface area contributed by atoms with E-state index >= 15 is 0 Å². The summed E-state index contributed by atoms with van der Waals surface area (Å²) in [6.45, 7) is 8.36. The third kappa shape index (κ3) is 7.54. The zero-order chi connectivity index (χ0) is 21.8. The minimum absolute atomic E-state index is 0.0403. The molecule has 1 aromatic carbocycles. The summed E-state index contributed by atoms with van der Waals surface area (Å²) in [6.07, 6.45) is 4.06. The first-order valence-electron chi connectivity index (χ1n) is 10.7. The highest BCUT2D eigenvalue weighted by atomic mass is 32.1. The highest BCUT2D eigenvalue weighted by Gasteiger charge is 2.19. The van der Waals surface area contributed by atoms with Crippen LogP contribution in [-0.4, -0.2) is 48.1 Å². The summed E-state index contributed by atoms with van der Waals surface area (Å²) in [5.74, 6) is -0.474. The van der Waals surface area contributed by atoms with E-state index in [4.69, 9.17) is 9.47 Å². The molecule has 6 nitrogen and oxygen atoms in total. The van der Waals surface area contributed by atoms with Gasteiger partial charge in [0, 0.05) is 30.7 Å². The molecule has 0 saturated carbocycles. The topological polar surface area (TPSA) is 68.7 Å². The number of nitrogens with zero attached hydrogens (tertiary/aromatic N) is 2. The van der Waals surface area contributed by atoms with Crippen molar-refractivity contribution in [2.24, 2.45) is 0 Å². The minimum Gasteiger partial charge on any atom is -0.461 e. The first-order chi connectivity index (χ1) is 14.6. The van der Waals surface area contributed by atoms with Crippen LogP contribution in [0.3, 0.4) is 0 Å². The van der Waals surface area contributed by atoms with Crippen molar-refractivity contribution >= 4 is 23.2 Å². The van der Waals surface area contributed by atoms with Crippen molar-refractivity contribution < 1.29 is 19.1 Å². The average Bonchev–Trinajstić information content (AvgIpc) is 3.23. The second kappa shape index (κ2) is 13.1. The van der Waals surface area contributed by atoms with Crippen LogP contribution >= 0.6 is 11.3 Å². The summed E-state index contributed by atoms with van der Waals surface area (Å²) < 4.78 is 10.4. The number of aryl methyl sites for hydroxylation is 1. The Morgan fingerprint density at radius 1 is 1.07 bits per heavy atom. The third-order valence-corrected chi connectivity index (χ3v) is 5.42. The summed E-state index contributed by atoms with van der Waals surface area (Å²) >= 11 is 1.36. The molecule has 0 atom stereocenters. The first-order valence-corrected chi connectivity index (χ1v) is 11.5. The molecular weight excluding hydrogens is 400 g/mol. The number of hydrogen-bond donors (Lipinski definition) is 0. The Hall–Kier alpha value is -2.25. The van der Waals surface area contributed by atoms with Gasteiger partial charge in [0.2, 0.25) is 0 Å². The van der Waals surface area contributed by atoms with Gasteiger partial charge >= 0.3 is 5.97 Å². The van der Waals surface area contributed by atoms with E-state index in [0.29, 0.717) is 49.2 Å². The fourth-order valence-corrected chi connectivity index (χ4v) is 3.76. The number of benzene rings is 1. The van der Waals surface area contributed by atoms with Crippen LogP contribution in [0.15, 0.2) is 29.6 Å². The van der Waals surface area contributed by atoms with Gasteiger partial charge in [-0.05, 0) is 50.8 Å². The quantitative estimate of drug-likeness (QED) is 0.338. The molecule has 0 aliphatic carbocycles. The largest absolute Gasteiger partial charge is 0.461 e. The standard InChI is InChI=1S/C23H32N2O4S/c1-4-7-9-18-10-12-19(13-11-18)22(26)25(14-8-15-28-5-2)16-21-24-20(17-30-21)23(27)29-6-3/h10-13,17H,4-9,14-16H2,1-3H3. The van der Waals surface area contributed by atoms with Gasteiger partial charge in [-0.1, -0.05) is 25.5 Å². The Balaban J connectivity index is 2.09. The van der Waals surface area contributed by atoms with Gasteiger partial charge in [0.05, 0.1) is 13.2 Å².